The number of thiophene rings is 1. The second-order valence-corrected chi connectivity index (χ2v) is 23.2. The molecule has 2 aromatic carbocycles. The van der Waals surface area contributed by atoms with Crippen LogP contribution in [0.1, 0.15) is 127 Å². The van der Waals surface area contributed by atoms with E-state index in [1.54, 1.807) is 4.50 Å². The maximum Gasteiger partial charge on any atom is 0.162 e. The quantitative estimate of drug-likeness (QED) is 0.0559. The Hall–Kier alpha value is -2.11. The zero-order chi connectivity index (χ0) is 39.0. The van der Waals surface area contributed by atoms with Crippen molar-refractivity contribution in [2.24, 2.45) is 29.6 Å². The number of carbonyl (C=O) groups is 1. The molecule has 0 bridgehead atoms. The summed E-state index contributed by atoms with van der Waals surface area (Å²) in [5, 5.41) is 13.6. The largest absolute Gasteiger partial charge is 0.512 e. The van der Waals surface area contributed by atoms with Crippen LogP contribution in [0, 0.1) is 42.6 Å². The van der Waals surface area contributed by atoms with E-state index in [4.69, 9.17) is 4.98 Å². The maximum absolute atomic E-state index is 11.7. The molecule has 0 amide bonds. The van der Waals surface area contributed by atoms with Crippen molar-refractivity contribution in [3.8, 4) is 11.3 Å². The van der Waals surface area contributed by atoms with Crippen molar-refractivity contribution in [2.75, 3.05) is 0 Å². The molecule has 0 atom stereocenters. The molecule has 0 aliphatic heterocycles. The van der Waals surface area contributed by atoms with E-state index >= 15 is 0 Å². The molecule has 0 saturated carbocycles. The Labute approximate surface area is 342 Å². The van der Waals surface area contributed by atoms with Crippen LogP contribution >= 0.6 is 11.3 Å². The predicted octanol–water partition coefficient (Wildman–Crippen LogP) is 14.0. The normalized spacial score (nSPS) is 12.7. The molecule has 4 rings (SSSR count). The Bertz CT molecular complexity index is 1760. The van der Waals surface area contributed by atoms with Crippen LogP contribution in [0.4, 0.5) is 0 Å². The minimum atomic E-state index is -1.72. The Morgan fingerprint density at radius 2 is 1.38 bits per heavy atom. The van der Waals surface area contributed by atoms with Crippen LogP contribution in [0.2, 0.25) is 18.1 Å². The number of hydrogen-bond acceptors (Lipinski definition) is 4. The summed E-state index contributed by atoms with van der Waals surface area (Å²) in [5.41, 5.74) is 5.17. The molecular formula is C47H70IrNO2SSi-. The van der Waals surface area contributed by atoms with Gasteiger partial charge in [-0.1, -0.05) is 137 Å². The first-order valence-electron chi connectivity index (χ1n) is 20.2. The molecule has 4 aromatic rings. The first kappa shape index (κ1) is 47.0. The number of nitrogens with zero attached hydrogens (tertiary/aromatic N) is 1. The topological polar surface area (TPSA) is 50.2 Å². The number of aliphatic hydroxyl groups excluding tert-OH is 1. The third-order valence-corrected chi connectivity index (χ3v) is 19.5. The molecule has 1 N–H and O–H groups in total. The summed E-state index contributed by atoms with van der Waals surface area (Å²) in [7, 11) is -1.72. The van der Waals surface area contributed by atoms with Gasteiger partial charge in [0.15, 0.2) is 5.78 Å². The van der Waals surface area contributed by atoms with Gasteiger partial charge in [-0.15, -0.1) is 29.1 Å². The van der Waals surface area contributed by atoms with E-state index in [1.807, 2.05) is 33.9 Å². The van der Waals surface area contributed by atoms with Gasteiger partial charge in [-0.3, -0.25) is 9.78 Å². The van der Waals surface area contributed by atoms with Crippen LogP contribution in [-0.2, 0) is 30.3 Å². The minimum Gasteiger partial charge on any atom is -0.512 e. The molecule has 0 spiro atoms. The summed E-state index contributed by atoms with van der Waals surface area (Å²) < 4.78 is 3.08. The Morgan fingerprint density at radius 1 is 0.849 bits per heavy atom. The molecule has 3 nitrogen and oxygen atoms in total. The number of aliphatic hydroxyl groups is 1. The van der Waals surface area contributed by atoms with Crippen molar-refractivity contribution in [3.05, 3.63) is 71.6 Å². The molecule has 6 heteroatoms. The SMILES string of the molecule is CCC(CC)C(=O)/C=C(\O)C(CC)CC.Cc1c([Si](CC(C)C)(CC(C)C)CC(C)C)sc2c(-c3[c-]c4ccccc4c(C(C)(C)C)c3)nccc12.[Ir]. The van der Waals surface area contributed by atoms with Crippen molar-refractivity contribution in [2.45, 2.75) is 146 Å². The van der Waals surface area contributed by atoms with E-state index < -0.39 is 8.07 Å². The number of rotatable bonds is 15. The fourth-order valence-corrected chi connectivity index (χ4v) is 18.1. The molecular weight excluding hydrogens is 863 g/mol. The van der Waals surface area contributed by atoms with Crippen molar-refractivity contribution >= 4 is 50.6 Å². The van der Waals surface area contributed by atoms with Crippen molar-refractivity contribution in [1.82, 2.24) is 4.98 Å². The number of ketones is 1. The van der Waals surface area contributed by atoms with Crippen LogP contribution in [0.15, 0.2) is 54.4 Å². The van der Waals surface area contributed by atoms with E-state index in [1.165, 1.54) is 56.2 Å². The fourth-order valence-electron chi connectivity index (χ4n) is 8.48. The van der Waals surface area contributed by atoms with Crippen LogP contribution < -0.4 is 4.50 Å². The van der Waals surface area contributed by atoms with E-state index in [-0.39, 0.29) is 48.9 Å². The molecule has 295 valence electrons. The summed E-state index contributed by atoms with van der Waals surface area (Å²) in [6.45, 7) is 32.0. The molecule has 2 aromatic heterocycles. The number of pyridine rings is 1. The van der Waals surface area contributed by atoms with E-state index in [2.05, 4.69) is 123 Å². The van der Waals surface area contributed by atoms with Gasteiger partial charge in [0.25, 0.3) is 0 Å². The van der Waals surface area contributed by atoms with Crippen molar-refractivity contribution in [3.63, 3.8) is 0 Å². The molecule has 0 aliphatic rings. The molecule has 1 radical (unpaired) electrons. The smallest absolute Gasteiger partial charge is 0.162 e. The number of allylic oxidation sites excluding steroid dienone is 2. The molecule has 0 unspecified atom stereocenters. The standard InChI is InChI=1S/C34H46NSSi.C13H24O2.Ir/c1-22(2)19-37(20-23(3)4,21-24(5)6)33-25(7)28-15-16-35-31(32(28)36-33)27-17-26-13-11-12-14-29(26)30(18-27)34(8,9)10;1-5-10(6-2)12(14)9-13(15)11(7-3)8-4;/h11-16,18,22-24H,19-21H2,1-10H3;9-11,14H,5-8H2,1-4H3;/q-1;;/b;12-9-;. The van der Waals surface area contributed by atoms with Gasteiger partial charge in [-0.25, -0.2) is 0 Å². The summed E-state index contributed by atoms with van der Waals surface area (Å²) >= 11 is 2.08. The Morgan fingerprint density at radius 3 is 1.87 bits per heavy atom. The minimum absolute atomic E-state index is 0. The zero-order valence-corrected chi connectivity index (χ0v) is 39.7. The first-order valence-corrected chi connectivity index (χ1v) is 23.6. The third kappa shape index (κ3) is 11.9. The summed E-state index contributed by atoms with van der Waals surface area (Å²) in [4.78, 5) is 16.7. The van der Waals surface area contributed by atoms with Gasteiger partial charge >= 0.3 is 0 Å². The molecule has 2 heterocycles. The van der Waals surface area contributed by atoms with Crippen LogP contribution in [0.5, 0.6) is 0 Å². The number of aromatic nitrogens is 1. The van der Waals surface area contributed by atoms with E-state index in [0.29, 0.717) is 0 Å². The number of benzene rings is 2. The average molecular weight is 933 g/mol. The summed E-state index contributed by atoms with van der Waals surface area (Å²) in [6.07, 6.45) is 6.93. The van der Waals surface area contributed by atoms with Crippen molar-refractivity contribution < 1.29 is 30.0 Å². The maximum atomic E-state index is 11.7. The van der Waals surface area contributed by atoms with Gasteiger partial charge in [-0.2, -0.15) is 11.3 Å². The number of carbonyl (C=O) groups excluding carboxylic acids is 1. The van der Waals surface area contributed by atoms with Gasteiger partial charge in [0, 0.05) is 54.6 Å². The van der Waals surface area contributed by atoms with Gasteiger partial charge in [0.1, 0.15) is 8.07 Å². The van der Waals surface area contributed by atoms with Gasteiger partial charge < -0.3 is 5.11 Å². The fraction of sp³-hybridized carbons (Fsp3) is 0.574. The monoisotopic (exact) mass is 933 g/mol. The molecule has 0 saturated heterocycles. The Kier molecular flexibility index (Phi) is 18.4. The number of hydrogen-bond donors (Lipinski definition) is 1. The van der Waals surface area contributed by atoms with Gasteiger partial charge in [-0.05, 0) is 77.3 Å². The third-order valence-electron chi connectivity index (χ3n) is 10.7. The predicted molar refractivity (Wildman–Crippen MR) is 233 cm³/mol. The van der Waals surface area contributed by atoms with Crippen LogP contribution in [0.25, 0.3) is 32.1 Å². The summed E-state index contributed by atoms with van der Waals surface area (Å²) in [5.74, 6) is 2.70. The first-order chi connectivity index (χ1) is 24.4. The second kappa shape index (κ2) is 20.7. The molecule has 0 aliphatic carbocycles. The average Bonchev–Trinajstić information content (AvgIpc) is 3.41. The van der Waals surface area contributed by atoms with Crippen molar-refractivity contribution in [1.29, 1.82) is 0 Å². The number of fused-ring (bicyclic) bond motifs is 2. The molecule has 53 heavy (non-hydrogen) atoms. The van der Waals surface area contributed by atoms with Crippen LogP contribution in [-0.4, -0.2) is 23.9 Å². The van der Waals surface area contributed by atoms with E-state index in [9.17, 15) is 9.90 Å². The molecule has 0 fully saturated rings. The summed E-state index contributed by atoms with van der Waals surface area (Å²) in [6, 6.07) is 21.2. The second-order valence-electron chi connectivity index (χ2n) is 17.6. The van der Waals surface area contributed by atoms with E-state index in [0.717, 1.165) is 54.7 Å². The number of aryl methyl sites for hydroxylation is 1. The van der Waals surface area contributed by atoms with Gasteiger partial charge in [0.2, 0.25) is 0 Å². The Balaban J connectivity index is 0.000000516. The van der Waals surface area contributed by atoms with Gasteiger partial charge in [0.05, 0.1) is 5.76 Å². The zero-order valence-electron chi connectivity index (χ0n) is 35.5. The van der Waals surface area contributed by atoms with Crippen LogP contribution in [0.3, 0.4) is 0 Å².